The fraction of sp³-hybridized carbons (Fsp3) is 0.174. The lowest BCUT2D eigenvalue weighted by Crippen LogP contribution is -2.18. The lowest BCUT2D eigenvalue weighted by Gasteiger charge is -2.13. The van der Waals surface area contributed by atoms with Crippen molar-refractivity contribution in [2.24, 2.45) is 7.05 Å². The third-order valence-corrected chi connectivity index (χ3v) is 6.31. The number of sulfone groups is 1. The Balaban J connectivity index is 2.04. The van der Waals surface area contributed by atoms with Crippen LogP contribution in [-0.4, -0.2) is 30.9 Å². The highest BCUT2D eigenvalue weighted by molar-refractivity contribution is 7.91. The van der Waals surface area contributed by atoms with E-state index in [2.05, 4.69) is 4.57 Å². The molecule has 0 saturated heterocycles. The van der Waals surface area contributed by atoms with E-state index in [-0.39, 0.29) is 16.2 Å². The van der Waals surface area contributed by atoms with Gasteiger partial charge in [0.15, 0.2) is 15.6 Å². The van der Waals surface area contributed by atoms with Crippen LogP contribution < -0.4 is 10.3 Å². The molecule has 0 aliphatic heterocycles. The van der Waals surface area contributed by atoms with Crippen molar-refractivity contribution in [3.63, 3.8) is 0 Å². The Bertz CT molecular complexity index is 1400. The van der Waals surface area contributed by atoms with Gasteiger partial charge < -0.3 is 13.9 Å². The van der Waals surface area contributed by atoms with Crippen LogP contribution in [0.15, 0.2) is 76.6 Å². The van der Waals surface area contributed by atoms with Crippen molar-refractivity contribution in [3.05, 3.63) is 82.8 Å². The first-order valence-corrected chi connectivity index (χ1v) is 11.3. The summed E-state index contributed by atoms with van der Waals surface area (Å²) in [7, 11) is -0.282. The number of ether oxygens (including phenoxy) is 1. The Morgan fingerprint density at radius 2 is 1.73 bits per heavy atom. The van der Waals surface area contributed by atoms with E-state index in [1.807, 2.05) is 42.5 Å². The minimum Gasteiger partial charge on any atom is -0.491 e. The third kappa shape index (κ3) is 3.52. The van der Waals surface area contributed by atoms with Gasteiger partial charge in [0.05, 0.1) is 23.2 Å². The van der Waals surface area contributed by atoms with Gasteiger partial charge in [0.1, 0.15) is 0 Å². The highest BCUT2D eigenvalue weighted by Gasteiger charge is 2.19. The molecule has 0 N–H and O–H groups in total. The Hall–Kier alpha value is -3.32. The molecule has 2 heterocycles. The molecule has 0 bridgehead atoms. The van der Waals surface area contributed by atoms with Crippen molar-refractivity contribution in [2.75, 3.05) is 13.4 Å². The molecule has 2 aromatic carbocycles. The molecule has 0 amide bonds. The van der Waals surface area contributed by atoms with Crippen molar-refractivity contribution < 1.29 is 13.2 Å². The highest BCUT2D eigenvalue weighted by atomic mass is 32.2. The van der Waals surface area contributed by atoms with Gasteiger partial charge in [-0.1, -0.05) is 36.4 Å². The maximum Gasteiger partial charge on any atom is 0.292 e. The quantitative estimate of drug-likeness (QED) is 0.494. The van der Waals surface area contributed by atoms with E-state index in [4.69, 9.17) is 4.74 Å². The van der Waals surface area contributed by atoms with Crippen LogP contribution in [0.5, 0.6) is 5.75 Å². The maximum atomic E-state index is 12.4. The summed E-state index contributed by atoms with van der Waals surface area (Å²) < 4.78 is 33.6. The molecule has 6 nitrogen and oxygen atoms in total. The zero-order valence-corrected chi connectivity index (χ0v) is 17.8. The standard InChI is InChI=1S/C23H22N2O4S/c1-24-15-17(12-21(29-2)23(24)26)20-13-18-19(10-7-11-22(18)30(3,27)28)25(20)14-16-8-5-4-6-9-16/h4-13,15H,14H2,1-3H3. The molecular formula is C23H22N2O4S. The normalized spacial score (nSPS) is 11.7. The Labute approximate surface area is 174 Å². The largest absolute Gasteiger partial charge is 0.491 e. The first-order valence-electron chi connectivity index (χ1n) is 9.41. The lowest BCUT2D eigenvalue weighted by atomic mass is 10.1. The average Bonchev–Trinajstić information content (AvgIpc) is 3.08. The number of pyridine rings is 1. The predicted octanol–water partition coefficient (Wildman–Crippen LogP) is 3.47. The second kappa shape index (κ2) is 7.50. The van der Waals surface area contributed by atoms with Crippen LogP contribution in [0, 0.1) is 0 Å². The van der Waals surface area contributed by atoms with Crippen LogP contribution in [0.2, 0.25) is 0 Å². The molecule has 7 heteroatoms. The number of aromatic nitrogens is 2. The van der Waals surface area contributed by atoms with Crippen LogP contribution in [0.3, 0.4) is 0 Å². The molecule has 0 fully saturated rings. The van der Waals surface area contributed by atoms with Crippen molar-refractivity contribution in [1.29, 1.82) is 0 Å². The van der Waals surface area contributed by atoms with Crippen LogP contribution in [-0.2, 0) is 23.4 Å². The number of aryl methyl sites for hydroxylation is 1. The fourth-order valence-corrected chi connectivity index (χ4v) is 4.61. The summed E-state index contributed by atoms with van der Waals surface area (Å²) in [5.74, 6) is 0.231. The Morgan fingerprint density at radius 3 is 2.40 bits per heavy atom. The van der Waals surface area contributed by atoms with Gasteiger partial charge in [0.25, 0.3) is 5.56 Å². The van der Waals surface area contributed by atoms with Crippen LogP contribution in [0.1, 0.15) is 5.56 Å². The van der Waals surface area contributed by atoms with Crippen molar-refractivity contribution >= 4 is 20.7 Å². The third-order valence-electron chi connectivity index (χ3n) is 5.15. The highest BCUT2D eigenvalue weighted by Crippen LogP contribution is 2.33. The minimum atomic E-state index is -3.41. The van der Waals surface area contributed by atoms with Gasteiger partial charge in [-0.2, -0.15) is 0 Å². The molecule has 0 aliphatic rings. The molecule has 0 unspecified atom stereocenters. The maximum absolute atomic E-state index is 12.4. The molecule has 0 radical (unpaired) electrons. The molecule has 30 heavy (non-hydrogen) atoms. The summed E-state index contributed by atoms with van der Waals surface area (Å²) in [4.78, 5) is 12.6. The van der Waals surface area contributed by atoms with Crippen LogP contribution >= 0.6 is 0 Å². The topological polar surface area (TPSA) is 70.3 Å². The van der Waals surface area contributed by atoms with Gasteiger partial charge in [-0.3, -0.25) is 4.79 Å². The summed E-state index contributed by atoms with van der Waals surface area (Å²) in [5, 5.41) is 0.652. The first-order chi connectivity index (χ1) is 14.3. The molecule has 0 saturated carbocycles. The van der Waals surface area contributed by atoms with Gasteiger partial charge in [-0.05, 0) is 29.8 Å². The van der Waals surface area contributed by atoms with E-state index >= 15 is 0 Å². The minimum absolute atomic E-state index is 0.231. The first kappa shape index (κ1) is 20.0. The zero-order chi connectivity index (χ0) is 21.5. The van der Waals surface area contributed by atoms with Crippen molar-refractivity contribution in [2.45, 2.75) is 11.4 Å². The lowest BCUT2D eigenvalue weighted by molar-refractivity contribution is 0.405. The monoisotopic (exact) mass is 422 g/mol. The van der Waals surface area contributed by atoms with Crippen LogP contribution in [0.25, 0.3) is 22.2 Å². The molecule has 0 spiro atoms. The summed E-state index contributed by atoms with van der Waals surface area (Å²) in [6.07, 6.45) is 2.95. The molecule has 0 aliphatic carbocycles. The van der Waals surface area contributed by atoms with E-state index in [9.17, 15) is 13.2 Å². The Kier molecular flexibility index (Phi) is 4.99. The van der Waals surface area contributed by atoms with Gasteiger partial charge in [0.2, 0.25) is 0 Å². The van der Waals surface area contributed by atoms with E-state index < -0.39 is 9.84 Å². The molecule has 0 atom stereocenters. The predicted molar refractivity (Wildman–Crippen MR) is 118 cm³/mol. The number of hydrogen-bond donors (Lipinski definition) is 0. The summed E-state index contributed by atoms with van der Waals surface area (Å²) in [5.41, 5.74) is 3.23. The number of fused-ring (bicyclic) bond motifs is 1. The second-order valence-electron chi connectivity index (χ2n) is 7.28. The zero-order valence-electron chi connectivity index (χ0n) is 17.0. The van der Waals surface area contributed by atoms with E-state index in [1.165, 1.54) is 17.9 Å². The van der Waals surface area contributed by atoms with E-state index in [0.29, 0.717) is 11.9 Å². The van der Waals surface area contributed by atoms with E-state index in [1.54, 1.807) is 31.4 Å². The number of rotatable bonds is 5. The number of hydrogen-bond acceptors (Lipinski definition) is 4. The molecular weight excluding hydrogens is 400 g/mol. The summed E-state index contributed by atoms with van der Waals surface area (Å²) >= 11 is 0. The van der Waals surface area contributed by atoms with Gasteiger partial charge >= 0.3 is 0 Å². The SMILES string of the molecule is COc1cc(-c2cc3c(S(C)(=O)=O)cccc3n2Cc2ccccc2)cn(C)c1=O. The van der Waals surface area contributed by atoms with Gasteiger partial charge in [-0.15, -0.1) is 0 Å². The Morgan fingerprint density at radius 1 is 1.00 bits per heavy atom. The fourth-order valence-electron chi connectivity index (χ4n) is 3.72. The number of methoxy groups -OCH3 is 1. The second-order valence-corrected chi connectivity index (χ2v) is 9.26. The van der Waals surface area contributed by atoms with Crippen molar-refractivity contribution in [1.82, 2.24) is 9.13 Å². The molecule has 4 aromatic rings. The van der Waals surface area contributed by atoms with E-state index in [0.717, 1.165) is 22.3 Å². The summed E-state index contributed by atoms with van der Waals surface area (Å²) in [6.45, 7) is 0.554. The smallest absolute Gasteiger partial charge is 0.292 e. The number of nitrogens with zero attached hydrogens (tertiary/aromatic N) is 2. The van der Waals surface area contributed by atoms with Crippen LogP contribution in [0.4, 0.5) is 0 Å². The summed E-state index contributed by atoms with van der Waals surface area (Å²) in [6, 6.07) is 18.8. The van der Waals surface area contributed by atoms with Gasteiger partial charge in [-0.25, -0.2) is 8.42 Å². The molecule has 4 rings (SSSR count). The number of benzene rings is 2. The molecule has 154 valence electrons. The average molecular weight is 423 g/mol. The van der Waals surface area contributed by atoms with Crippen molar-refractivity contribution in [3.8, 4) is 17.0 Å². The molecule has 2 aromatic heterocycles. The van der Waals surface area contributed by atoms with Gasteiger partial charge in [0, 0.05) is 37.0 Å².